The molecular weight excluding hydrogens is 573 g/mol. The first kappa shape index (κ1) is 32.7. The predicted molar refractivity (Wildman–Crippen MR) is 124 cm³/mol. The zero-order valence-electron chi connectivity index (χ0n) is 21.9. The average Bonchev–Trinajstić information content (AvgIpc) is 3.40. The van der Waals surface area contributed by atoms with Crippen molar-refractivity contribution in [3.63, 3.8) is 0 Å². The lowest BCUT2D eigenvalue weighted by Gasteiger charge is -2.32. The zero-order chi connectivity index (χ0) is 28.3. The van der Waals surface area contributed by atoms with Crippen molar-refractivity contribution in [1.82, 2.24) is 0 Å². The number of rotatable bonds is 14. The molecule has 3 heterocycles. The van der Waals surface area contributed by atoms with Crippen molar-refractivity contribution in [2.75, 3.05) is 33.6 Å². The van der Waals surface area contributed by atoms with Crippen molar-refractivity contribution in [2.45, 2.75) is 95.0 Å². The van der Waals surface area contributed by atoms with Crippen LogP contribution >= 0.6 is 23.2 Å². The Kier molecular flexibility index (Phi) is 11.6. The minimum atomic E-state index is -4.94. The second-order valence-corrected chi connectivity index (χ2v) is 14.3. The summed E-state index contributed by atoms with van der Waals surface area (Å²) >= 11 is 0. The van der Waals surface area contributed by atoms with E-state index in [0.717, 1.165) is 6.66 Å². The molecule has 0 spiro atoms. The summed E-state index contributed by atoms with van der Waals surface area (Å²) in [6.07, 6.45) is -5.77. The second kappa shape index (κ2) is 13.5. The molecule has 0 aromatic carbocycles. The summed E-state index contributed by atoms with van der Waals surface area (Å²) in [4.78, 5) is 36.5. The van der Waals surface area contributed by atoms with Crippen LogP contribution in [0.15, 0.2) is 0 Å². The van der Waals surface area contributed by atoms with Gasteiger partial charge in [-0.15, -0.1) is 0 Å². The fourth-order valence-corrected chi connectivity index (χ4v) is 7.27. The molecule has 18 heteroatoms. The van der Waals surface area contributed by atoms with Gasteiger partial charge in [0.2, 0.25) is 0 Å². The largest absolute Gasteiger partial charge is 0.779 e. The smallest absolute Gasteiger partial charge is 0.268 e. The Balaban J connectivity index is 1.52. The molecule has 224 valence electrons. The summed E-state index contributed by atoms with van der Waals surface area (Å²) in [5, 5.41) is 0. The molecule has 0 aliphatic carbocycles. The van der Waals surface area contributed by atoms with E-state index >= 15 is 0 Å². The molecule has 0 N–H and O–H groups in total. The van der Waals surface area contributed by atoms with Gasteiger partial charge in [-0.3, -0.25) is 9.13 Å². The van der Waals surface area contributed by atoms with E-state index in [1.165, 1.54) is 7.11 Å². The molecule has 12 unspecified atom stereocenters. The van der Waals surface area contributed by atoms with E-state index in [1.807, 2.05) is 0 Å². The minimum absolute atomic E-state index is 0.120. The van der Waals surface area contributed by atoms with Crippen LogP contribution in [0.1, 0.15) is 40.0 Å². The van der Waals surface area contributed by atoms with Gasteiger partial charge in [0.05, 0.1) is 56.4 Å². The van der Waals surface area contributed by atoms with Crippen LogP contribution in [0.2, 0.25) is 0 Å². The third-order valence-electron chi connectivity index (χ3n) is 6.14. The van der Waals surface area contributed by atoms with Crippen molar-refractivity contribution < 1.29 is 69.9 Å². The van der Waals surface area contributed by atoms with E-state index < -0.39 is 79.2 Å². The molecule has 0 radical (unpaired) electrons. The summed E-state index contributed by atoms with van der Waals surface area (Å²) in [5.41, 5.74) is 0. The first-order valence-corrected chi connectivity index (χ1v) is 17.2. The molecule has 12 atom stereocenters. The molecule has 3 saturated heterocycles. The van der Waals surface area contributed by atoms with Gasteiger partial charge >= 0.3 is 0 Å². The third kappa shape index (κ3) is 10.2. The lowest BCUT2D eigenvalue weighted by atomic mass is 10.1. The monoisotopic (exact) mass is 609 g/mol. The zero-order valence-corrected chi connectivity index (χ0v) is 24.6. The average molecular weight is 609 g/mol. The Morgan fingerprint density at radius 1 is 0.658 bits per heavy atom. The van der Waals surface area contributed by atoms with Gasteiger partial charge in [-0.1, -0.05) is 0 Å². The van der Waals surface area contributed by atoms with Crippen LogP contribution in [0.5, 0.6) is 0 Å². The van der Waals surface area contributed by atoms with Gasteiger partial charge in [0, 0.05) is 33.0 Å². The first-order chi connectivity index (χ1) is 17.6. The molecule has 15 nitrogen and oxygen atoms in total. The minimum Gasteiger partial charge on any atom is -0.779 e. The van der Waals surface area contributed by atoms with E-state index in [9.17, 15) is 28.4 Å². The van der Waals surface area contributed by atoms with Gasteiger partial charge in [-0.25, -0.2) is 0 Å². The van der Waals surface area contributed by atoms with Crippen molar-refractivity contribution in [1.29, 1.82) is 0 Å². The van der Waals surface area contributed by atoms with Crippen molar-refractivity contribution in [3.8, 4) is 0 Å². The summed E-state index contributed by atoms with van der Waals surface area (Å²) in [7, 11) is -12.4. The molecule has 0 saturated carbocycles. The molecule has 0 aromatic heterocycles. The van der Waals surface area contributed by atoms with E-state index in [2.05, 4.69) is 0 Å². The van der Waals surface area contributed by atoms with Crippen LogP contribution in [0.4, 0.5) is 0 Å². The van der Waals surface area contributed by atoms with Gasteiger partial charge in [-0.05, 0) is 20.8 Å². The van der Waals surface area contributed by atoms with Crippen LogP contribution in [0.3, 0.4) is 0 Å². The highest BCUT2D eigenvalue weighted by Crippen LogP contribution is 2.47. The topological polar surface area (TPSA) is 203 Å². The quantitative estimate of drug-likeness (QED) is 0.246. The Morgan fingerprint density at radius 2 is 1.00 bits per heavy atom. The Morgan fingerprint density at radius 3 is 1.34 bits per heavy atom. The third-order valence-corrected chi connectivity index (χ3v) is 8.78. The maximum absolute atomic E-state index is 12.5. The van der Waals surface area contributed by atoms with Gasteiger partial charge in [0.15, 0.2) is 0 Å². The van der Waals surface area contributed by atoms with E-state index in [1.54, 1.807) is 20.8 Å². The fourth-order valence-electron chi connectivity index (χ4n) is 4.67. The number of methoxy groups -OCH3 is 1. The fraction of sp³-hybridized carbons (Fsp3) is 1.00. The normalized spacial score (nSPS) is 40.6. The maximum atomic E-state index is 12.5. The van der Waals surface area contributed by atoms with Crippen molar-refractivity contribution in [3.05, 3.63) is 0 Å². The first-order valence-electron chi connectivity index (χ1n) is 12.3. The van der Waals surface area contributed by atoms with Crippen LogP contribution in [0.25, 0.3) is 0 Å². The highest BCUT2D eigenvalue weighted by atomic mass is 31.2. The van der Waals surface area contributed by atoms with Gasteiger partial charge in [0.25, 0.3) is 15.6 Å². The van der Waals surface area contributed by atoms with Crippen LogP contribution in [-0.4, -0.2) is 88.5 Å². The van der Waals surface area contributed by atoms with Crippen LogP contribution in [0, 0.1) is 0 Å². The number of phosphoric ester groups is 2. The number of ether oxygens (including phenoxy) is 4. The molecule has 3 rings (SSSR count). The summed E-state index contributed by atoms with van der Waals surface area (Å²) < 4.78 is 83.5. The summed E-state index contributed by atoms with van der Waals surface area (Å²) in [6.45, 7) is 5.09. The van der Waals surface area contributed by atoms with Gasteiger partial charge in [-0.2, -0.15) is 0 Å². The molecule has 0 amide bonds. The van der Waals surface area contributed by atoms with E-state index in [-0.39, 0.29) is 31.7 Å². The van der Waals surface area contributed by atoms with Crippen molar-refractivity contribution in [2.24, 2.45) is 0 Å². The Labute approximate surface area is 222 Å². The van der Waals surface area contributed by atoms with Crippen LogP contribution < -0.4 is 14.7 Å². The summed E-state index contributed by atoms with van der Waals surface area (Å²) in [5.74, 6) is 0. The second-order valence-electron chi connectivity index (χ2n) is 9.81. The molecular formula is C20H36O15P3-3. The maximum Gasteiger partial charge on any atom is 0.268 e. The van der Waals surface area contributed by atoms with E-state index in [0.29, 0.717) is 6.42 Å². The number of hydrogen-bond donors (Lipinski definition) is 0. The van der Waals surface area contributed by atoms with Crippen molar-refractivity contribution >= 4 is 23.2 Å². The molecule has 3 aliphatic rings. The highest BCUT2D eigenvalue weighted by molar-refractivity contribution is 7.50. The highest BCUT2D eigenvalue weighted by Gasteiger charge is 2.41. The lowest BCUT2D eigenvalue weighted by Crippen LogP contribution is -2.33. The van der Waals surface area contributed by atoms with Crippen LogP contribution in [-0.2, 0) is 55.3 Å². The summed E-state index contributed by atoms with van der Waals surface area (Å²) in [6, 6.07) is 0. The molecule has 38 heavy (non-hydrogen) atoms. The molecule has 3 aliphatic heterocycles. The van der Waals surface area contributed by atoms with Gasteiger partial charge in [0.1, 0.15) is 25.9 Å². The lowest BCUT2D eigenvalue weighted by molar-refractivity contribution is -0.237. The number of hydrogen-bond acceptors (Lipinski definition) is 15. The Hall–Kier alpha value is 0.210. The number of phosphoric acid groups is 2. The Bertz CT molecular complexity index is 914. The van der Waals surface area contributed by atoms with E-state index in [4.69, 9.17) is 41.6 Å². The molecule has 3 fully saturated rings. The molecule has 0 bridgehead atoms. The SMILES string of the molecule is COCC1OC(C)CC1OP(=O)([O-])OCC1OC(C)CC1OP(=O)([O-])OCC1OC(C)CC1OP(C)(=O)[O-]. The standard InChI is InChI=1S/C20H39O15P3/c1-12-6-15(33-36(5,21)22)19(31-12)10-28-38(25,26)35-17-8-14(3)32-20(17)11-29-37(23,24)34-16-7-13(2)30-18(16)9-27-4/h12-20H,6-11H2,1-5H3,(H,21,22)(H,23,24)(H,25,26)/p-3. The predicted octanol–water partition coefficient (Wildman–Crippen LogP) is 0.474. The molecule has 0 aromatic rings. The van der Waals surface area contributed by atoms with Gasteiger partial charge < -0.3 is 60.8 Å².